The molecule has 2 aromatic carbocycles. The Kier molecular flexibility index (Phi) is 4.68. The molecule has 0 radical (unpaired) electrons. The number of benzene rings is 2. The highest BCUT2D eigenvalue weighted by Gasteiger charge is 2.10. The van der Waals surface area contributed by atoms with Crippen LogP contribution in [0.4, 0.5) is 0 Å². The molecule has 4 heteroatoms. The minimum atomic E-state index is 0.137. The van der Waals surface area contributed by atoms with Gasteiger partial charge < -0.3 is 9.47 Å². The molecule has 0 fully saturated rings. The number of aryl methyl sites for hydroxylation is 1. The van der Waals surface area contributed by atoms with Gasteiger partial charge in [-0.15, -0.1) is 0 Å². The molecule has 0 aliphatic carbocycles. The molecule has 0 saturated heterocycles. The van der Waals surface area contributed by atoms with Crippen molar-refractivity contribution in [3.8, 4) is 0 Å². The Morgan fingerprint density at radius 2 is 1.91 bits per heavy atom. The number of nitrogens with zero attached hydrogens (tertiary/aromatic N) is 2. The van der Waals surface area contributed by atoms with Crippen LogP contribution in [0.1, 0.15) is 12.0 Å². The first-order valence-electron chi connectivity index (χ1n) is 7.66. The molecule has 0 unspecified atom stereocenters. The Morgan fingerprint density at radius 1 is 1.13 bits per heavy atom. The third-order valence-electron chi connectivity index (χ3n) is 3.99. The van der Waals surface area contributed by atoms with Crippen molar-refractivity contribution in [2.24, 2.45) is 0 Å². The van der Waals surface area contributed by atoms with Crippen molar-refractivity contribution >= 4 is 28.4 Å². The van der Waals surface area contributed by atoms with Crippen molar-refractivity contribution in [3.63, 3.8) is 0 Å². The fourth-order valence-corrected chi connectivity index (χ4v) is 2.87. The number of amides is 1. The number of aromatic nitrogens is 1. The molecule has 23 heavy (non-hydrogen) atoms. The quantitative estimate of drug-likeness (QED) is 0.684. The van der Waals surface area contributed by atoms with Gasteiger partial charge >= 0.3 is 0 Å². The molecule has 1 aromatic heterocycles. The monoisotopic (exact) mass is 326 g/mol. The molecule has 3 rings (SSSR count). The second-order valence-corrected chi connectivity index (χ2v) is 6.13. The first-order chi connectivity index (χ1) is 11.1. The van der Waals surface area contributed by atoms with Crippen molar-refractivity contribution in [2.75, 3.05) is 7.05 Å². The van der Waals surface area contributed by atoms with Gasteiger partial charge in [-0.2, -0.15) is 0 Å². The van der Waals surface area contributed by atoms with Crippen LogP contribution in [-0.4, -0.2) is 22.4 Å². The first-order valence-corrected chi connectivity index (χ1v) is 8.03. The molecule has 0 spiro atoms. The maximum Gasteiger partial charge on any atom is 0.224 e. The van der Waals surface area contributed by atoms with Crippen LogP contribution in [0.5, 0.6) is 0 Å². The van der Waals surface area contributed by atoms with E-state index in [1.54, 1.807) is 4.90 Å². The van der Waals surface area contributed by atoms with Crippen LogP contribution < -0.4 is 0 Å². The zero-order valence-electron chi connectivity index (χ0n) is 13.1. The minimum Gasteiger partial charge on any atom is -0.347 e. The third-order valence-corrected chi connectivity index (χ3v) is 4.23. The van der Waals surface area contributed by atoms with E-state index >= 15 is 0 Å². The van der Waals surface area contributed by atoms with E-state index in [4.69, 9.17) is 11.6 Å². The van der Waals surface area contributed by atoms with E-state index in [-0.39, 0.29) is 5.91 Å². The number of fused-ring (bicyclic) bond motifs is 1. The number of rotatable bonds is 5. The third kappa shape index (κ3) is 3.74. The minimum absolute atomic E-state index is 0.137. The normalized spacial score (nSPS) is 10.9. The topological polar surface area (TPSA) is 25.2 Å². The Hall–Kier alpha value is -2.26. The number of halogens is 1. The molecular weight excluding hydrogens is 308 g/mol. The number of carbonyl (C=O) groups excluding carboxylic acids is 1. The second-order valence-electron chi connectivity index (χ2n) is 5.70. The highest BCUT2D eigenvalue weighted by atomic mass is 35.5. The molecule has 1 amide bonds. The summed E-state index contributed by atoms with van der Waals surface area (Å²) >= 11 is 6.06. The van der Waals surface area contributed by atoms with E-state index in [1.807, 2.05) is 67.8 Å². The lowest BCUT2D eigenvalue weighted by atomic mass is 10.2. The molecule has 0 aliphatic heterocycles. The summed E-state index contributed by atoms with van der Waals surface area (Å²) < 4.78 is 2.08. The predicted octanol–water partition coefficient (Wildman–Crippen LogP) is 4.34. The number of hydrogen-bond acceptors (Lipinski definition) is 1. The van der Waals surface area contributed by atoms with Crippen LogP contribution in [0.15, 0.2) is 60.8 Å². The molecule has 0 bridgehead atoms. The lowest BCUT2D eigenvalue weighted by Gasteiger charge is -2.17. The molecule has 1 heterocycles. The Morgan fingerprint density at radius 3 is 2.70 bits per heavy atom. The summed E-state index contributed by atoms with van der Waals surface area (Å²) in [5.41, 5.74) is 2.21. The first kappa shape index (κ1) is 15.6. The van der Waals surface area contributed by atoms with Gasteiger partial charge in [0.2, 0.25) is 5.91 Å². The fourth-order valence-electron chi connectivity index (χ4n) is 2.70. The second kappa shape index (κ2) is 6.88. The van der Waals surface area contributed by atoms with Gasteiger partial charge in [-0.1, -0.05) is 48.0 Å². The van der Waals surface area contributed by atoms with E-state index < -0.39 is 0 Å². The molecule has 0 atom stereocenters. The van der Waals surface area contributed by atoms with Crippen LogP contribution in [0.2, 0.25) is 5.02 Å². The summed E-state index contributed by atoms with van der Waals surface area (Å²) in [4.78, 5) is 14.1. The lowest BCUT2D eigenvalue weighted by molar-refractivity contribution is -0.130. The van der Waals surface area contributed by atoms with Crippen LogP contribution >= 0.6 is 11.6 Å². The lowest BCUT2D eigenvalue weighted by Crippen LogP contribution is -2.26. The zero-order valence-corrected chi connectivity index (χ0v) is 13.8. The maximum absolute atomic E-state index is 12.3. The summed E-state index contributed by atoms with van der Waals surface area (Å²) in [6.07, 6.45) is 2.48. The van der Waals surface area contributed by atoms with Gasteiger partial charge in [-0.3, -0.25) is 4.79 Å². The maximum atomic E-state index is 12.3. The molecule has 0 aliphatic rings. The van der Waals surface area contributed by atoms with E-state index in [2.05, 4.69) is 4.57 Å². The van der Waals surface area contributed by atoms with Crippen LogP contribution in [-0.2, 0) is 17.9 Å². The van der Waals surface area contributed by atoms with Crippen molar-refractivity contribution in [1.82, 2.24) is 9.47 Å². The molecule has 0 saturated carbocycles. The van der Waals surface area contributed by atoms with Crippen LogP contribution in [0.3, 0.4) is 0 Å². The van der Waals surface area contributed by atoms with Gasteiger partial charge in [0.1, 0.15) is 0 Å². The average Bonchev–Trinajstić information content (AvgIpc) is 2.95. The Balaban J connectivity index is 1.62. The summed E-state index contributed by atoms with van der Waals surface area (Å²) in [5.74, 6) is 0.137. The van der Waals surface area contributed by atoms with Crippen molar-refractivity contribution in [1.29, 1.82) is 0 Å². The van der Waals surface area contributed by atoms with Gasteiger partial charge in [-0.05, 0) is 29.1 Å². The van der Waals surface area contributed by atoms with Gasteiger partial charge in [0, 0.05) is 43.3 Å². The fraction of sp³-hybridized carbons (Fsp3) is 0.211. The zero-order chi connectivity index (χ0) is 16.2. The molecule has 3 nitrogen and oxygen atoms in total. The largest absolute Gasteiger partial charge is 0.347 e. The van der Waals surface area contributed by atoms with Crippen molar-refractivity contribution in [3.05, 3.63) is 71.4 Å². The van der Waals surface area contributed by atoms with Gasteiger partial charge in [-0.25, -0.2) is 0 Å². The summed E-state index contributed by atoms with van der Waals surface area (Å²) in [6, 6.07) is 17.9. The summed E-state index contributed by atoms with van der Waals surface area (Å²) in [6.45, 7) is 1.29. The summed E-state index contributed by atoms with van der Waals surface area (Å²) in [5, 5.41) is 1.85. The average molecular weight is 327 g/mol. The smallest absolute Gasteiger partial charge is 0.224 e. The van der Waals surface area contributed by atoms with Crippen LogP contribution in [0.25, 0.3) is 10.9 Å². The van der Waals surface area contributed by atoms with Crippen molar-refractivity contribution in [2.45, 2.75) is 19.5 Å². The van der Waals surface area contributed by atoms with Gasteiger partial charge in [0.15, 0.2) is 0 Å². The van der Waals surface area contributed by atoms with Crippen molar-refractivity contribution < 1.29 is 4.79 Å². The molecular formula is C19H19ClN2O. The molecule has 3 aromatic rings. The number of carbonyl (C=O) groups is 1. The Labute approximate surface area is 141 Å². The highest BCUT2D eigenvalue weighted by Crippen LogP contribution is 2.20. The summed E-state index contributed by atoms with van der Waals surface area (Å²) in [7, 11) is 1.85. The number of hydrogen-bond donors (Lipinski definition) is 0. The molecule has 0 N–H and O–H groups in total. The van der Waals surface area contributed by atoms with E-state index in [0.717, 1.165) is 16.5 Å². The molecule has 118 valence electrons. The predicted molar refractivity (Wildman–Crippen MR) is 94.5 cm³/mol. The SMILES string of the molecule is CN(Cc1ccccc1)C(=O)CCn1ccc2ccc(Cl)cc21. The van der Waals surface area contributed by atoms with Crippen LogP contribution in [0, 0.1) is 0 Å². The van der Waals surface area contributed by atoms with Gasteiger partial charge in [0.05, 0.1) is 0 Å². The standard InChI is InChI=1S/C19H19ClN2O/c1-21(14-15-5-3-2-4-6-15)19(23)10-12-22-11-9-16-7-8-17(20)13-18(16)22/h2-9,11,13H,10,12,14H2,1H3. The highest BCUT2D eigenvalue weighted by molar-refractivity contribution is 6.31. The van der Waals surface area contributed by atoms with E-state index in [1.165, 1.54) is 0 Å². The van der Waals surface area contributed by atoms with E-state index in [9.17, 15) is 4.79 Å². The Bertz CT molecular complexity index is 811. The van der Waals surface area contributed by atoms with E-state index in [0.29, 0.717) is 24.5 Å². The van der Waals surface area contributed by atoms with Gasteiger partial charge in [0.25, 0.3) is 0 Å².